The first-order chi connectivity index (χ1) is 4.35. The zero-order valence-corrected chi connectivity index (χ0v) is 5.76. The van der Waals surface area contributed by atoms with Crippen LogP contribution in [0.2, 0.25) is 0 Å². The highest BCUT2D eigenvalue weighted by atomic mass is 16.1. The molecule has 0 spiro atoms. The Balaban J connectivity index is 3.79. The lowest BCUT2D eigenvalue weighted by molar-refractivity contribution is -0.107. The molecule has 0 aliphatic rings. The molecule has 0 aliphatic carbocycles. The molecule has 0 amide bonds. The predicted molar refractivity (Wildman–Crippen MR) is 39.3 cm³/mol. The summed E-state index contributed by atoms with van der Waals surface area (Å²) < 4.78 is 0. The van der Waals surface area contributed by atoms with Crippen molar-refractivity contribution in [1.29, 1.82) is 0 Å². The predicted octanol–water partition coefficient (Wildman–Crippen LogP) is 2.10. The minimum atomic E-state index is 0.544. The Morgan fingerprint density at radius 2 is 2.33 bits per heavy atom. The van der Waals surface area contributed by atoms with Crippen molar-refractivity contribution in [2.45, 2.75) is 19.8 Å². The monoisotopic (exact) mass is 124 g/mol. The molecule has 0 rings (SSSR count). The van der Waals surface area contributed by atoms with E-state index in [1.165, 1.54) is 0 Å². The van der Waals surface area contributed by atoms with Crippen LogP contribution in [0.15, 0.2) is 24.3 Å². The van der Waals surface area contributed by atoms with Crippen LogP contribution in [0, 0.1) is 0 Å². The number of aldehydes is 1. The highest BCUT2D eigenvalue weighted by Crippen LogP contribution is 2.02. The van der Waals surface area contributed by atoms with Gasteiger partial charge in [-0.1, -0.05) is 31.2 Å². The van der Waals surface area contributed by atoms with Crippen molar-refractivity contribution in [2.75, 3.05) is 0 Å². The topological polar surface area (TPSA) is 17.1 Å². The lowest BCUT2D eigenvalue weighted by Crippen LogP contribution is -1.80. The minimum absolute atomic E-state index is 0.544. The molecule has 0 atom stereocenters. The summed E-state index contributed by atoms with van der Waals surface area (Å²) in [6, 6.07) is 0. The summed E-state index contributed by atoms with van der Waals surface area (Å²) in [5, 5.41) is 0. The zero-order valence-electron chi connectivity index (χ0n) is 5.76. The van der Waals surface area contributed by atoms with Crippen molar-refractivity contribution in [3.63, 3.8) is 0 Å². The number of hydrogen-bond donors (Lipinski definition) is 0. The molecule has 0 aromatic rings. The largest absolute Gasteiger partial charge is 0.303 e. The van der Waals surface area contributed by atoms with Crippen molar-refractivity contribution in [3.8, 4) is 0 Å². The summed E-state index contributed by atoms with van der Waals surface area (Å²) in [5.74, 6) is 0. The van der Waals surface area contributed by atoms with Gasteiger partial charge < -0.3 is 4.79 Å². The summed E-state index contributed by atoms with van der Waals surface area (Å²) in [6.07, 6.45) is 5.99. The van der Waals surface area contributed by atoms with E-state index >= 15 is 0 Å². The average molecular weight is 124 g/mol. The van der Waals surface area contributed by atoms with E-state index in [0.29, 0.717) is 6.42 Å². The first kappa shape index (κ1) is 8.15. The van der Waals surface area contributed by atoms with Gasteiger partial charge in [-0.3, -0.25) is 0 Å². The Bertz CT molecular complexity index is 123. The van der Waals surface area contributed by atoms with E-state index in [1.807, 2.05) is 13.0 Å². The molecule has 0 aromatic heterocycles. The van der Waals surface area contributed by atoms with Gasteiger partial charge in [0.2, 0.25) is 0 Å². The lowest BCUT2D eigenvalue weighted by atomic mass is 10.1. The van der Waals surface area contributed by atoms with Gasteiger partial charge in [-0.15, -0.1) is 0 Å². The normalized spacial score (nSPS) is 11.0. The average Bonchev–Trinajstić information content (AvgIpc) is 1.88. The van der Waals surface area contributed by atoms with Crippen LogP contribution < -0.4 is 0 Å². The fourth-order valence-electron chi connectivity index (χ4n) is 0.604. The number of rotatable bonds is 4. The molecule has 0 radical (unpaired) electrons. The van der Waals surface area contributed by atoms with Gasteiger partial charge in [0.05, 0.1) is 0 Å². The minimum Gasteiger partial charge on any atom is -0.303 e. The molecule has 9 heavy (non-hydrogen) atoms. The summed E-state index contributed by atoms with van der Waals surface area (Å²) >= 11 is 0. The van der Waals surface area contributed by atoms with Gasteiger partial charge in [0.1, 0.15) is 6.29 Å². The molecule has 0 N–H and O–H groups in total. The second-order valence-electron chi connectivity index (χ2n) is 1.78. The van der Waals surface area contributed by atoms with Crippen LogP contribution in [0.1, 0.15) is 19.8 Å². The van der Waals surface area contributed by atoms with E-state index < -0.39 is 0 Å². The smallest absolute Gasteiger partial charge is 0.124 e. The quantitative estimate of drug-likeness (QED) is 0.414. The number of allylic oxidation sites excluding steroid dienone is 3. The Labute approximate surface area is 56.1 Å². The van der Waals surface area contributed by atoms with Crippen LogP contribution in [0.3, 0.4) is 0 Å². The first-order valence-corrected chi connectivity index (χ1v) is 3.09. The number of hydrogen-bond acceptors (Lipinski definition) is 1. The van der Waals surface area contributed by atoms with Gasteiger partial charge >= 0.3 is 0 Å². The zero-order chi connectivity index (χ0) is 7.11. The van der Waals surface area contributed by atoms with Gasteiger partial charge in [-0.25, -0.2) is 0 Å². The van der Waals surface area contributed by atoms with E-state index in [2.05, 4.69) is 6.58 Å². The van der Waals surface area contributed by atoms with Crippen LogP contribution in [-0.2, 0) is 4.79 Å². The van der Waals surface area contributed by atoms with E-state index in [-0.39, 0.29) is 0 Å². The molecule has 1 nitrogen and oxygen atoms in total. The van der Waals surface area contributed by atoms with Crippen LogP contribution in [0.25, 0.3) is 0 Å². The summed E-state index contributed by atoms with van der Waals surface area (Å²) in [4.78, 5) is 9.97. The lowest BCUT2D eigenvalue weighted by Gasteiger charge is -1.93. The maximum Gasteiger partial charge on any atom is 0.124 e. The van der Waals surface area contributed by atoms with Crippen molar-refractivity contribution in [2.24, 2.45) is 0 Å². The molecule has 0 saturated heterocycles. The van der Waals surface area contributed by atoms with Crippen molar-refractivity contribution < 1.29 is 4.79 Å². The molecule has 0 saturated carbocycles. The van der Waals surface area contributed by atoms with Crippen LogP contribution in [0.5, 0.6) is 0 Å². The Morgan fingerprint density at radius 1 is 1.67 bits per heavy atom. The second-order valence-corrected chi connectivity index (χ2v) is 1.78. The molecule has 0 heterocycles. The third-order valence-electron chi connectivity index (χ3n) is 1.15. The maximum atomic E-state index is 9.97. The first-order valence-electron chi connectivity index (χ1n) is 3.09. The molecule has 0 bridgehead atoms. The van der Waals surface area contributed by atoms with E-state index in [9.17, 15) is 4.79 Å². The number of carbonyl (C=O) groups is 1. The summed E-state index contributed by atoms with van der Waals surface area (Å²) in [7, 11) is 0. The van der Waals surface area contributed by atoms with Gasteiger partial charge in [-0.2, -0.15) is 0 Å². The second kappa shape index (κ2) is 5.29. The summed E-state index contributed by atoms with van der Waals surface area (Å²) in [6.45, 7) is 5.56. The highest BCUT2D eigenvalue weighted by Gasteiger charge is 1.88. The van der Waals surface area contributed by atoms with Crippen molar-refractivity contribution >= 4 is 6.29 Å². The van der Waals surface area contributed by atoms with Gasteiger partial charge in [0.25, 0.3) is 0 Å². The van der Waals surface area contributed by atoms with Gasteiger partial charge in [-0.05, 0) is 6.42 Å². The molecule has 1 heteroatoms. The SMILES string of the molecule is C=C/C=C(/CC)CC=O. The molecule has 0 fully saturated rings. The number of carbonyl (C=O) groups excluding carboxylic acids is 1. The highest BCUT2D eigenvalue weighted by molar-refractivity contribution is 5.54. The van der Waals surface area contributed by atoms with Gasteiger partial charge in [0.15, 0.2) is 0 Å². The Hall–Kier alpha value is -0.850. The Kier molecular flexibility index (Phi) is 4.79. The third-order valence-corrected chi connectivity index (χ3v) is 1.15. The van der Waals surface area contributed by atoms with Gasteiger partial charge in [0, 0.05) is 6.42 Å². The Morgan fingerprint density at radius 3 is 2.67 bits per heavy atom. The molecule has 0 unspecified atom stereocenters. The van der Waals surface area contributed by atoms with E-state index in [4.69, 9.17) is 0 Å². The van der Waals surface area contributed by atoms with Crippen LogP contribution in [-0.4, -0.2) is 6.29 Å². The standard InChI is InChI=1S/C8H12O/c1-3-5-8(4-2)6-7-9/h3,5,7H,1,4,6H2,2H3/b8-5-. The van der Waals surface area contributed by atoms with Crippen LogP contribution >= 0.6 is 0 Å². The molecular formula is C8H12O. The molecule has 0 aromatic carbocycles. The third kappa shape index (κ3) is 3.71. The van der Waals surface area contributed by atoms with Crippen LogP contribution in [0.4, 0.5) is 0 Å². The van der Waals surface area contributed by atoms with Crippen molar-refractivity contribution in [3.05, 3.63) is 24.3 Å². The maximum absolute atomic E-state index is 9.97. The fourth-order valence-corrected chi connectivity index (χ4v) is 0.604. The molecule has 0 aliphatic heterocycles. The summed E-state index contributed by atoms with van der Waals surface area (Å²) in [5.41, 5.74) is 1.14. The van der Waals surface area contributed by atoms with E-state index in [0.717, 1.165) is 18.3 Å². The molecule has 50 valence electrons. The fraction of sp³-hybridized carbons (Fsp3) is 0.375. The van der Waals surface area contributed by atoms with Crippen molar-refractivity contribution in [1.82, 2.24) is 0 Å². The van der Waals surface area contributed by atoms with E-state index in [1.54, 1.807) is 6.08 Å². The molecular weight excluding hydrogens is 112 g/mol.